The van der Waals surface area contributed by atoms with E-state index in [-0.39, 0.29) is 25.1 Å². The summed E-state index contributed by atoms with van der Waals surface area (Å²) in [6.45, 7) is 0.202. The maximum absolute atomic E-state index is 13.0. The molecule has 1 unspecified atom stereocenters. The topological polar surface area (TPSA) is 99.8 Å². The Kier molecular flexibility index (Phi) is 5.13. The highest BCUT2D eigenvalue weighted by Crippen LogP contribution is 2.27. The van der Waals surface area contributed by atoms with Crippen LogP contribution in [0.1, 0.15) is 30.2 Å². The minimum atomic E-state index is -1.34. The van der Waals surface area contributed by atoms with E-state index in [1.54, 1.807) is 0 Å². The largest absolute Gasteiger partial charge is 0.503 e. The molecule has 0 aliphatic heterocycles. The molecule has 0 bridgehead atoms. The fourth-order valence-corrected chi connectivity index (χ4v) is 2.26. The number of pyridine rings is 1. The Morgan fingerprint density at radius 3 is 2.48 bits per heavy atom. The van der Waals surface area contributed by atoms with Crippen molar-refractivity contribution in [3.05, 3.63) is 63.8 Å². The van der Waals surface area contributed by atoms with Gasteiger partial charge < -0.3 is 19.9 Å². The average Bonchev–Trinajstić information content (AvgIpc) is 2.51. The summed E-state index contributed by atoms with van der Waals surface area (Å²) in [4.78, 5) is 22.2. The summed E-state index contributed by atoms with van der Waals surface area (Å²) < 4.78 is 14.4. The van der Waals surface area contributed by atoms with Gasteiger partial charge in [0.2, 0.25) is 5.43 Å². The SMILES string of the molecule is O=C(O)CCCn1ccc(=O)c(O)c1C(O)c1ccc(F)cc1. The molecule has 2 rings (SSSR count). The second-order valence-electron chi connectivity index (χ2n) is 5.06. The van der Waals surface area contributed by atoms with Crippen LogP contribution in [-0.4, -0.2) is 25.9 Å². The van der Waals surface area contributed by atoms with Crippen molar-refractivity contribution in [1.82, 2.24) is 4.57 Å². The number of carboxylic acid groups (broad SMARTS) is 1. The highest BCUT2D eigenvalue weighted by Gasteiger charge is 2.20. The predicted molar refractivity (Wildman–Crippen MR) is 79.7 cm³/mol. The summed E-state index contributed by atoms with van der Waals surface area (Å²) in [5, 5.41) is 29.1. The summed E-state index contributed by atoms with van der Waals surface area (Å²) >= 11 is 0. The molecule has 0 aliphatic carbocycles. The Labute approximate surface area is 131 Å². The van der Waals surface area contributed by atoms with E-state index in [4.69, 9.17) is 5.11 Å². The highest BCUT2D eigenvalue weighted by molar-refractivity contribution is 5.66. The molecule has 0 saturated carbocycles. The molecule has 0 spiro atoms. The number of rotatable bonds is 6. The Morgan fingerprint density at radius 1 is 1.22 bits per heavy atom. The molecule has 23 heavy (non-hydrogen) atoms. The molecule has 1 aromatic carbocycles. The minimum Gasteiger partial charge on any atom is -0.503 e. The van der Waals surface area contributed by atoms with Gasteiger partial charge in [0.15, 0.2) is 5.75 Å². The van der Waals surface area contributed by atoms with Gasteiger partial charge in [0, 0.05) is 25.2 Å². The molecular formula is C16H16FNO5. The van der Waals surface area contributed by atoms with Gasteiger partial charge in [-0.3, -0.25) is 9.59 Å². The molecule has 6 nitrogen and oxygen atoms in total. The van der Waals surface area contributed by atoms with Crippen LogP contribution >= 0.6 is 0 Å². The van der Waals surface area contributed by atoms with Crippen molar-refractivity contribution in [3.63, 3.8) is 0 Å². The van der Waals surface area contributed by atoms with Gasteiger partial charge in [-0.25, -0.2) is 4.39 Å². The zero-order chi connectivity index (χ0) is 17.0. The number of aliphatic carboxylic acids is 1. The Hall–Kier alpha value is -2.67. The van der Waals surface area contributed by atoms with Gasteiger partial charge in [0.05, 0.1) is 5.69 Å². The molecule has 0 saturated heterocycles. The first-order valence-corrected chi connectivity index (χ1v) is 6.97. The fourth-order valence-electron chi connectivity index (χ4n) is 2.26. The Bertz CT molecular complexity index is 754. The van der Waals surface area contributed by atoms with Crippen molar-refractivity contribution in [2.75, 3.05) is 0 Å². The number of aliphatic hydroxyl groups is 1. The van der Waals surface area contributed by atoms with Crippen molar-refractivity contribution in [2.45, 2.75) is 25.5 Å². The van der Waals surface area contributed by atoms with Gasteiger partial charge >= 0.3 is 5.97 Å². The monoisotopic (exact) mass is 321 g/mol. The van der Waals surface area contributed by atoms with E-state index < -0.39 is 29.1 Å². The number of hydrogen-bond donors (Lipinski definition) is 3. The molecule has 3 N–H and O–H groups in total. The number of carboxylic acids is 1. The van der Waals surface area contributed by atoms with Gasteiger partial charge in [-0.1, -0.05) is 12.1 Å². The second kappa shape index (κ2) is 7.06. The number of aromatic hydroxyl groups is 1. The quantitative estimate of drug-likeness (QED) is 0.751. The van der Waals surface area contributed by atoms with E-state index >= 15 is 0 Å². The van der Waals surface area contributed by atoms with Crippen LogP contribution in [0.4, 0.5) is 4.39 Å². The van der Waals surface area contributed by atoms with Crippen LogP contribution in [0.2, 0.25) is 0 Å². The van der Waals surface area contributed by atoms with E-state index in [0.717, 1.165) is 18.2 Å². The first-order valence-electron chi connectivity index (χ1n) is 6.97. The van der Waals surface area contributed by atoms with Crippen molar-refractivity contribution in [2.24, 2.45) is 0 Å². The first kappa shape index (κ1) is 16.7. The third-order valence-corrected chi connectivity index (χ3v) is 3.43. The van der Waals surface area contributed by atoms with Gasteiger partial charge in [-0.15, -0.1) is 0 Å². The lowest BCUT2D eigenvalue weighted by Crippen LogP contribution is -2.17. The van der Waals surface area contributed by atoms with Crippen LogP contribution < -0.4 is 5.43 Å². The molecule has 0 fully saturated rings. The molecule has 2 aromatic rings. The normalized spacial score (nSPS) is 12.1. The van der Waals surface area contributed by atoms with Crippen LogP contribution in [0, 0.1) is 5.82 Å². The van der Waals surface area contributed by atoms with E-state index in [9.17, 15) is 24.2 Å². The third-order valence-electron chi connectivity index (χ3n) is 3.43. The molecule has 0 aliphatic rings. The van der Waals surface area contributed by atoms with E-state index in [1.165, 1.54) is 22.9 Å². The van der Waals surface area contributed by atoms with Crippen LogP contribution in [0.25, 0.3) is 0 Å². The first-order chi connectivity index (χ1) is 10.9. The summed E-state index contributed by atoms with van der Waals surface area (Å²) in [6.07, 6.45) is 0.223. The van der Waals surface area contributed by atoms with Crippen LogP contribution in [-0.2, 0) is 11.3 Å². The standard InChI is InChI=1S/C16H16FNO5/c17-11-5-3-10(4-6-11)15(22)14-16(23)12(19)7-9-18(14)8-1-2-13(20)21/h3-7,9,15,22-23H,1-2,8H2,(H,20,21). The van der Waals surface area contributed by atoms with Gasteiger partial charge in [-0.2, -0.15) is 0 Å². The number of nitrogens with zero attached hydrogens (tertiary/aromatic N) is 1. The van der Waals surface area contributed by atoms with Crippen LogP contribution in [0.3, 0.4) is 0 Å². The van der Waals surface area contributed by atoms with Crippen LogP contribution in [0.15, 0.2) is 41.3 Å². The number of aromatic nitrogens is 1. The third kappa shape index (κ3) is 3.95. The maximum Gasteiger partial charge on any atom is 0.303 e. The van der Waals surface area contributed by atoms with Crippen LogP contribution in [0.5, 0.6) is 5.75 Å². The maximum atomic E-state index is 13.0. The summed E-state index contributed by atoms with van der Waals surface area (Å²) in [7, 11) is 0. The van der Waals surface area contributed by atoms with Crippen molar-refractivity contribution < 1.29 is 24.5 Å². The number of carbonyl (C=O) groups is 1. The Morgan fingerprint density at radius 2 is 1.87 bits per heavy atom. The lowest BCUT2D eigenvalue weighted by molar-refractivity contribution is -0.137. The number of benzene rings is 1. The number of halogens is 1. The molecule has 1 heterocycles. The average molecular weight is 321 g/mol. The highest BCUT2D eigenvalue weighted by atomic mass is 19.1. The Balaban J connectivity index is 2.38. The summed E-state index contributed by atoms with van der Waals surface area (Å²) in [6, 6.07) is 6.14. The summed E-state index contributed by atoms with van der Waals surface area (Å²) in [5.41, 5.74) is -0.399. The van der Waals surface area contributed by atoms with E-state index in [1.807, 2.05) is 0 Å². The second-order valence-corrected chi connectivity index (χ2v) is 5.06. The molecular weight excluding hydrogens is 305 g/mol. The predicted octanol–water partition coefficient (Wildman–Crippen LogP) is 1.64. The van der Waals surface area contributed by atoms with E-state index in [2.05, 4.69) is 0 Å². The molecule has 1 atom stereocenters. The van der Waals surface area contributed by atoms with Crippen molar-refractivity contribution in [3.8, 4) is 5.75 Å². The van der Waals surface area contributed by atoms with Gasteiger partial charge in [0.25, 0.3) is 0 Å². The van der Waals surface area contributed by atoms with Crippen molar-refractivity contribution in [1.29, 1.82) is 0 Å². The number of hydrogen-bond acceptors (Lipinski definition) is 4. The van der Waals surface area contributed by atoms with Gasteiger partial charge in [-0.05, 0) is 24.1 Å². The summed E-state index contributed by atoms with van der Waals surface area (Å²) in [5.74, 6) is -2.05. The molecule has 0 radical (unpaired) electrons. The van der Waals surface area contributed by atoms with E-state index in [0.29, 0.717) is 5.56 Å². The fraction of sp³-hybridized carbons (Fsp3) is 0.250. The zero-order valence-corrected chi connectivity index (χ0v) is 12.1. The minimum absolute atomic E-state index is 0.0468. The van der Waals surface area contributed by atoms with Gasteiger partial charge in [0.1, 0.15) is 11.9 Å². The van der Waals surface area contributed by atoms with Crippen molar-refractivity contribution >= 4 is 5.97 Å². The molecule has 1 aromatic heterocycles. The molecule has 7 heteroatoms. The number of aliphatic hydroxyl groups excluding tert-OH is 1. The molecule has 122 valence electrons. The zero-order valence-electron chi connectivity index (χ0n) is 12.1. The lowest BCUT2D eigenvalue weighted by atomic mass is 10.0. The molecule has 0 amide bonds. The lowest BCUT2D eigenvalue weighted by Gasteiger charge is -2.19. The smallest absolute Gasteiger partial charge is 0.303 e. The number of aryl methyl sites for hydroxylation is 1.